The molecule has 2 aromatic carbocycles. The second-order valence-electron chi connectivity index (χ2n) is 6.80. The number of carbonyl (C=O) groups is 1. The van der Waals surface area contributed by atoms with Gasteiger partial charge in [-0.15, -0.1) is 0 Å². The van der Waals surface area contributed by atoms with Crippen molar-refractivity contribution in [3.8, 4) is 11.3 Å². The average Bonchev–Trinajstić information content (AvgIpc) is 3.52. The summed E-state index contributed by atoms with van der Waals surface area (Å²) in [5, 5.41) is 3.08. The number of anilines is 2. The van der Waals surface area contributed by atoms with Crippen LogP contribution in [-0.2, 0) is 11.3 Å². The zero-order valence-corrected chi connectivity index (χ0v) is 15.1. The highest BCUT2D eigenvalue weighted by molar-refractivity contribution is 5.92. The highest BCUT2D eigenvalue weighted by Crippen LogP contribution is 2.24. The average molecular weight is 376 g/mol. The number of carbonyl (C=O) groups excluding carboxylic acids is 1. The molecular formula is C21H20N4O3. The Kier molecular flexibility index (Phi) is 4.80. The number of aromatic nitrogens is 2. The molecule has 0 atom stereocenters. The summed E-state index contributed by atoms with van der Waals surface area (Å²) < 4.78 is 5.36. The molecular weight excluding hydrogens is 356 g/mol. The lowest BCUT2D eigenvalue weighted by molar-refractivity contribution is 0.0473. The Hall–Kier alpha value is -3.61. The van der Waals surface area contributed by atoms with E-state index in [9.17, 15) is 9.59 Å². The number of hydrogen-bond acceptors (Lipinski definition) is 6. The van der Waals surface area contributed by atoms with Crippen LogP contribution in [0, 0.1) is 0 Å². The monoisotopic (exact) mass is 376 g/mol. The van der Waals surface area contributed by atoms with Crippen LogP contribution < -0.4 is 16.6 Å². The highest BCUT2D eigenvalue weighted by Gasteiger charge is 2.22. The second kappa shape index (κ2) is 7.56. The summed E-state index contributed by atoms with van der Waals surface area (Å²) in [6, 6.07) is 14.6. The van der Waals surface area contributed by atoms with Gasteiger partial charge in [-0.3, -0.25) is 4.79 Å². The maximum atomic E-state index is 12.4. The summed E-state index contributed by atoms with van der Waals surface area (Å²) in [5.41, 5.74) is 8.32. The molecule has 0 unspecified atom stereocenters. The van der Waals surface area contributed by atoms with Crippen molar-refractivity contribution in [2.75, 3.05) is 11.1 Å². The van der Waals surface area contributed by atoms with E-state index < -0.39 is 5.97 Å². The largest absolute Gasteiger partial charge is 0.457 e. The van der Waals surface area contributed by atoms with Crippen LogP contribution in [0.25, 0.3) is 11.3 Å². The smallest absolute Gasteiger partial charge is 0.338 e. The number of esters is 1. The molecule has 0 saturated heterocycles. The van der Waals surface area contributed by atoms with E-state index in [0.29, 0.717) is 34.4 Å². The number of rotatable bonds is 6. The van der Waals surface area contributed by atoms with Crippen molar-refractivity contribution in [3.05, 3.63) is 76.2 Å². The zero-order valence-electron chi connectivity index (χ0n) is 15.1. The first-order valence-corrected chi connectivity index (χ1v) is 9.06. The number of benzene rings is 2. The molecule has 0 aliphatic heterocycles. The van der Waals surface area contributed by atoms with Crippen molar-refractivity contribution < 1.29 is 9.53 Å². The van der Waals surface area contributed by atoms with Crippen LogP contribution in [0.4, 0.5) is 11.5 Å². The number of hydrogen-bond donors (Lipinski definition) is 3. The SMILES string of the molecule is Nc1cc(C(=O)OCc2ccccc2)cc(-c2cnc(NC3CC3)c(=O)[nH]2)c1. The van der Waals surface area contributed by atoms with Gasteiger partial charge in [-0.05, 0) is 36.6 Å². The van der Waals surface area contributed by atoms with Gasteiger partial charge in [-0.2, -0.15) is 0 Å². The highest BCUT2D eigenvalue weighted by atomic mass is 16.5. The Balaban J connectivity index is 1.54. The summed E-state index contributed by atoms with van der Waals surface area (Å²) in [5.74, 6) is -0.183. The third-order valence-electron chi connectivity index (χ3n) is 4.42. The van der Waals surface area contributed by atoms with Crippen LogP contribution >= 0.6 is 0 Å². The fourth-order valence-electron chi connectivity index (χ4n) is 2.80. The van der Waals surface area contributed by atoms with Gasteiger partial charge in [-0.1, -0.05) is 30.3 Å². The molecule has 0 spiro atoms. The summed E-state index contributed by atoms with van der Waals surface area (Å²) in [4.78, 5) is 31.7. The Labute approximate surface area is 161 Å². The van der Waals surface area contributed by atoms with Crippen molar-refractivity contribution in [1.29, 1.82) is 0 Å². The maximum Gasteiger partial charge on any atom is 0.338 e. The van der Waals surface area contributed by atoms with Gasteiger partial charge in [0.25, 0.3) is 5.56 Å². The molecule has 1 fully saturated rings. The molecule has 1 aromatic heterocycles. The van der Waals surface area contributed by atoms with Crippen molar-refractivity contribution in [2.45, 2.75) is 25.5 Å². The molecule has 1 aliphatic carbocycles. The quantitative estimate of drug-likeness (QED) is 0.451. The Bertz CT molecular complexity index is 1060. The molecule has 1 aliphatic rings. The minimum Gasteiger partial charge on any atom is -0.457 e. The summed E-state index contributed by atoms with van der Waals surface area (Å²) >= 11 is 0. The first kappa shape index (κ1) is 17.8. The second-order valence-corrected chi connectivity index (χ2v) is 6.80. The third kappa shape index (κ3) is 4.20. The third-order valence-corrected chi connectivity index (χ3v) is 4.42. The van der Waals surface area contributed by atoms with Crippen LogP contribution in [0.15, 0.2) is 59.5 Å². The molecule has 7 heteroatoms. The van der Waals surface area contributed by atoms with Gasteiger partial charge in [0.05, 0.1) is 17.5 Å². The normalized spacial score (nSPS) is 13.1. The number of ether oxygens (including phenoxy) is 1. The Morgan fingerprint density at radius 2 is 2.00 bits per heavy atom. The molecule has 28 heavy (non-hydrogen) atoms. The first-order chi connectivity index (χ1) is 13.6. The van der Waals surface area contributed by atoms with Crippen molar-refractivity contribution in [3.63, 3.8) is 0 Å². The lowest BCUT2D eigenvalue weighted by Gasteiger charge is -2.09. The van der Waals surface area contributed by atoms with E-state index in [1.54, 1.807) is 24.4 Å². The predicted molar refractivity (Wildman–Crippen MR) is 107 cm³/mol. The van der Waals surface area contributed by atoms with Crippen LogP contribution in [0.3, 0.4) is 0 Å². The number of H-pyrrole nitrogens is 1. The van der Waals surface area contributed by atoms with Gasteiger partial charge < -0.3 is 20.8 Å². The van der Waals surface area contributed by atoms with E-state index in [1.807, 2.05) is 30.3 Å². The van der Waals surface area contributed by atoms with E-state index in [-0.39, 0.29) is 12.2 Å². The molecule has 142 valence electrons. The molecule has 4 N–H and O–H groups in total. The molecule has 3 aromatic rings. The van der Waals surface area contributed by atoms with Crippen LogP contribution in [0.2, 0.25) is 0 Å². The van der Waals surface area contributed by atoms with Crippen LogP contribution in [0.5, 0.6) is 0 Å². The van der Waals surface area contributed by atoms with E-state index in [4.69, 9.17) is 10.5 Å². The standard InChI is InChI=1S/C21H20N4O3/c22-16-9-14(18-11-23-19(20(26)25-18)24-17-6-7-17)8-15(10-16)21(27)28-12-13-4-2-1-3-5-13/h1-5,8-11,17H,6-7,12,22H2,(H,23,24)(H,25,26). The Morgan fingerprint density at radius 3 is 2.71 bits per heavy atom. The van der Waals surface area contributed by atoms with Gasteiger partial charge in [0.2, 0.25) is 0 Å². The Morgan fingerprint density at radius 1 is 1.21 bits per heavy atom. The summed E-state index contributed by atoms with van der Waals surface area (Å²) in [7, 11) is 0. The molecule has 0 amide bonds. The molecule has 4 rings (SSSR count). The van der Waals surface area contributed by atoms with Crippen molar-refractivity contribution >= 4 is 17.5 Å². The van der Waals surface area contributed by atoms with E-state index in [0.717, 1.165) is 18.4 Å². The topological polar surface area (TPSA) is 110 Å². The van der Waals surface area contributed by atoms with Crippen LogP contribution in [0.1, 0.15) is 28.8 Å². The number of nitrogen functional groups attached to an aromatic ring is 1. The van der Waals surface area contributed by atoms with Gasteiger partial charge in [0.15, 0.2) is 5.82 Å². The van der Waals surface area contributed by atoms with E-state index in [2.05, 4.69) is 15.3 Å². The molecule has 7 nitrogen and oxygen atoms in total. The van der Waals surface area contributed by atoms with Gasteiger partial charge in [0.1, 0.15) is 6.61 Å². The number of nitrogens with zero attached hydrogens (tertiary/aromatic N) is 1. The fourth-order valence-corrected chi connectivity index (χ4v) is 2.80. The maximum absolute atomic E-state index is 12.4. The number of nitrogens with one attached hydrogen (secondary N) is 2. The molecule has 0 radical (unpaired) electrons. The van der Waals surface area contributed by atoms with Crippen LogP contribution in [-0.4, -0.2) is 22.0 Å². The number of aromatic amines is 1. The van der Waals surface area contributed by atoms with Crippen molar-refractivity contribution in [2.24, 2.45) is 0 Å². The van der Waals surface area contributed by atoms with Crippen molar-refractivity contribution in [1.82, 2.24) is 9.97 Å². The molecule has 1 heterocycles. The fraction of sp³-hybridized carbons (Fsp3) is 0.190. The molecule has 1 saturated carbocycles. The van der Waals surface area contributed by atoms with Gasteiger partial charge in [0, 0.05) is 17.3 Å². The number of nitrogens with two attached hydrogens (primary N) is 1. The van der Waals surface area contributed by atoms with E-state index >= 15 is 0 Å². The minimum absolute atomic E-state index is 0.170. The minimum atomic E-state index is -0.486. The first-order valence-electron chi connectivity index (χ1n) is 9.06. The lowest BCUT2D eigenvalue weighted by Crippen LogP contribution is -2.17. The summed E-state index contributed by atoms with van der Waals surface area (Å²) in [6.07, 6.45) is 3.65. The van der Waals surface area contributed by atoms with Gasteiger partial charge >= 0.3 is 5.97 Å². The predicted octanol–water partition coefficient (Wildman–Crippen LogP) is 2.95. The molecule has 0 bridgehead atoms. The van der Waals surface area contributed by atoms with E-state index in [1.165, 1.54) is 0 Å². The lowest BCUT2D eigenvalue weighted by atomic mass is 10.1. The summed E-state index contributed by atoms with van der Waals surface area (Å²) in [6.45, 7) is 0.170. The van der Waals surface area contributed by atoms with Gasteiger partial charge in [-0.25, -0.2) is 9.78 Å². The zero-order chi connectivity index (χ0) is 19.5.